The van der Waals surface area contributed by atoms with Gasteiger partial charge in [0, 0.05) is 19.2 Å². The Balaban J connectivity index is 2.84. The van der Waals surface area contributed by atoms with Gasteiger partial charge < -0.3 is 4.90 Å². The summed E-state index contributed by atoms with van der Waals surface area (Å²) < 4.78 is 0. The molecule has 0 radical (unpaired) electrons. The summed E-state index contributed by atoms with van der Waals surface area (Å²) >= 11 is 0. The molecule has 0 unspecified atom stereocenters. The van der Waals surface area contributed by atoms with E-state index < -0.39 is 0 Å². The van der Waals surface area contributed by atoms with Crippen LogP contribution in [0.3, 0.4) is 0 Å². The van der Waals surface area contributed by atoms with E-state index >= 15 is 0 Å². The second-order valence-corrected chi connectivity index (χ2v) is 4.21. The zero-order valence-corrected chi connectivity index (χ0v) is 9.90. The maximum absolute atomic E-state index is 11.8. The van der Waals surface area contributed by atoms with E-state index in [1.54, 1.807) is 30.1 Å². The molecule has 3 heteroatoms. The summed E-state index contributed by atoms with van der Waals surface area (Å²) in [6, 6.07) is 9.13. The molecule has 1 aromatic rings. The number of nitrogens with zero attached hydrogens (tertiary/aromatic N) is 2. The Morgan fingerprint density at radius 2 is 2.19 bits per heavy atom. The number of amides is 1. The fourth-order valence-corrected chi connectivity index (χ4v) is 1.41. The molecule has 0 aliphatic carbocycles. The molecule has 0 saturated carbocycles. The van der Waals surface area contributed by atoms with Gasteiger partial charge in [0.05, 0.1) is 11.6 Å². The predicted molar refractivity (Wildman–Crippen MR) is 64.0 cm³/mol. The van der Waals surface area contributed by atoms with Gasteiger partial charge in [-0.3, -0.25) is 4.79 Å². The van der Waals surface area contributed by atoms with Gasteiger partial charge in [-0.2, -0.15) is 5.26 Å². The Hall–Kier alpha value is -1.82. The average Bonchev–Trinajstić information content (AvgIpc) is 2.27. The molecule has 0 fully saturated rings. The fourth-order valence-electron chi connectivity index (χ4n) is 1.41. The first-order valence-corrected chi connectivity index (χ1v) is 5.31. The standard InChI is InChI=1S/C13H16N2O/c1-10(2)7-13(16)15(3)12-6-4-5-11(8-12)9-14/h4-6,8,10H,7H2,1-3H3. The van der Waals surface area contributed by atoms with Crippen LogP contribution in [0, 0.1) is 17.2 Å². The molecule has 84 valence electrons. The van der Waals surface area contributed by atoms with E-state index in [1.807, 2.05) is 19.9 Å². The number of carbonyl (C=O) groups is 1. The van der Waals surface area contributed by atoms with Crippen molar-refractivity contribution in [3.63, 3.8) is 0 Å². The average molecular weight is 216 g/mol. The van der Waals surface area contributed by atoms with Crippen molar-refractivity contribution in [3.8, 4) is 6.07 Å². The first kappa shape index (κ1) is 12.3. The molecule has 1 aromatic carbocycles. The van der Waals surface area contributed by atoms with Gasteiger partial charge in [0.15, 0.2) is 0 Å². The largest absolute Gasteiger partial charge is 0.315 e. The van der Waals surface area contributed by atoms with Crippen molar-refractivity contribution in [2.24, 2.45) is 5.92 Å². The van der Waals surface area contributed by atoms with Gasteiger partial charge in [-0.25, -0.2) is 0 Å². The maximum atomic E-state index is 11.8. The lowest BCUT2D eigenvalue weighted by molar-refractivity contribution is -0.119. The highest BCUT2D eigenvalue weighted by Crippen LogP contribution is 2.16. The molecule has 1 rings (SSSR count). The third-order valence-electron chi connectivity index (χ3n) is 2.32. The molecule has 1 amide bonds. The van der Waals surface area contributed by atoms with Crippen molar-refractivity contribution in [1.82, 2.24) is 0 Å². The van der Waals surface area contributed by atoms with Gasteiger partial charge in [-0.1, -0.05) is 19.9 Å². The summed E-state index contributed by atoms with van der Waals surface area (Å²) in [6.45, 7) is 4.02. The van der Waals surface area contributed by atoms with Gasteiger partial charge in [0.25, 0.3) is 0 Å². The molecular formula is C13H16N2O. The minimum absolute atomic E-state index is 0.0742. The number of hydrogen-bond donors (Lipinski definition) is 0. The van der Waals surface area contributed by atoms with E-state index in [1.165, 1.54) is 0 Å². The summed E-state index contributed by atoms with van der Waals surface area (Å²) in [5, 5.41) is 8.77. The molecule has 16 heavy (non-hydrogen) atoms. The van der Waals surface area contributed by atoms with Gasteiger partial charge in [-0.05, 0) is 24.1 Å². The van der Waals surface area contributed by atoms with Crippen molar-refractivity contribution in [3.05, 3.63) is 29.8 Å². The van der Waals surface area contributed by atoms with Gasteiger partial charge in [0.1, 0.15) is 0 Å². The number of hydrogen-bond acceptors (Lipinski definition) is 2. The van der Waals surface area contributed by atoms with Crippen LogP contribution < -0.4 is 4.90 Å². The molecule has 0 spiro atoms. The Kier molecular flexibility index (Phi) is 4.07. The van der Waals surface area contributed by atoms with Gasteiger partial charge in [0.2, 0.25) is 5.91 Å². The Morgan fingerprint density at radius 1 is 1.50 bits per heavy atom. The fraction of sp³-hybridized carbons (Fsp3) is 0.385. The van der Waals surface area contributed by atoms with Crippen molar-refractivity contribution in [2.75, 3.05) is 11.9 Å². The maximum Gasteiger partial charge on any atom is 0.226 e. The predicted octanol–water partition coefficient (Wildman–Crippen LogP) is 2.57. The van der Waals surface area contributed by atoms with E-state index in [2.05, 4.69) is 6.07 Å². The number of nitriles is 1. The molecule has 0 heterocycles. The van der Waals surface area contributed by atoms with Crippen LogP contribution in [0.1, 0.15) is 25.8 Å². The van der Waals surface area contributed by atoms with Gasteiger partial charge in [-0.15, -0.1) is 0 Å². The third-order valence-corrected chi connectivity index (χ3v) is 2.32. The highest BCUT2D eigenvalue weighted by molar-refractivity contribution is 5.93. The lowest BCUT2D eigenvalue weighted by Crippen LogP contribution is -2.27. The summed E-state index contributed by atoms with van der Waals surface area (Å²) in [6.07, 6.45) is 0.521. The third kappa shape index (κ3) is 3.09. The van der Waals surface area contributed by atoms with Crippen LogP contribution in [0.25, 0.3) is 0 Å². The summed E-state index contributed by atoms with van der Waals surface area (Å²) in [5.74, 6) is 0.416. The van der Waals surface area contributed by atoms with E-state index in [9.17, 15) is 4.79 Å². The van der Waals surface area contributed by atoms with Crippen LogP contribution in [0.4, 0.5) is 5.69 Å². The van der Waals surface area contributed by atoms with Crippen LogP contribution in [0.15, 0.2) is 24.3 Å². The SMILES string of the molecule is CC(C)CC(=O)N(C)c1cccc(C#N)c1. The van der Waals surface area contributed by atoms with Gasteiger partial charge >= 0.3 is 0 Å². The number of benzene rings is 1. The lowest BCUT2D eigenvalue weighted by atomic mass is 10.1. The van der Waals surface area contributed by atoms with Crippen LogP contribution in [-0.2, 0) is 4.79 Å². The normalized spacial score (nSPS) is 9.94. The molecule has 0 saturated heterocycles. The summed E-state index contributed by atoms with van der Waals surface area (Å²) in [4.78, 5) is 13.4. The van der Waals surface area contributed by atoms with E-state index in [4.69, 9.17) is 5.26 Å². The first-order valence-electron chi connectivity index (χ1n) is 5.31. The molecule has 0 aliphatic rings. The summed E-state index contributed by atoms with van der Waals surface area (Å²) in [7, 11) is 1.74. The molecule has 3 nitrogen and oxygen atoms in total. The monoisotopic (exact) mass is 216 g/mol. The highest BCUT2D eigenvalue weighted by Gasteiger charge is 2.12. The quantitative estimate of drug-likeness (QED) is 0.779. The summed E-state index contributed by atoms with van der Waals surface area (Å²) in [5.41, 5.74) is 1.34. The molecule has 0 bridgehead atoms. The Morgan fingerprint density at radius 3 is 2.75 bits per heavy atom. The smallest absolute Gasteiger partial charge is 0.226 e. The topological polar surface area (TPSA) is 44.1 Å². The van der Waals surface area contributed by atoms with Crippen LogP contribution >= 0.6 is 0 Å². The van der Waals surface area contributed by atoms with Crippen LogP contribution in [-0.4, -0.2) is 13.0 Å². The molecule has 0 atom stereocenters. The lowest BCUT2D eigenvalue weighted by Gasteiger charge is -2.18. The minimum Gasteiger partial charge on any atom is -0.315 e. The minimum atomic E-state index is 0.0742. The van der Waals surface area contributed by atoms with Crippen molar-refractivity contribution < 1.29 is 4.79 Å². The Bertz CT molecular complexity index is 418. The number of rotatable bonds is 3. The second kappa shape index (κ2) is 5.32. The van der Waals surface area contributed by atoms with Crippen molar-refractivity contribution in [1.29, 1.82) is 5.26 Å². The van der Waals surface area contributed by atoms with Crippen molar-refractivity contribution in [2.45, 2.75) is 20.3 Å². The zero-order chi connectivity index (χ0) is 12.1. The van der Waals surface area contributed by atoms with Crippen LogP contribution in [0.2, 0.25) is 0 Å². The number of carbonyl (C=O) groups excluding carboxylic acids is 1. The molecule has 0 N–H and O–H groups in total. The van der Waals surface area contributed by atoms with Crippen molar-refractivity contribution >= 4 is 11.6 Å². The zero-order valence-electron chi connectivity index (χ0n) is 9.90. The molecule has 0 aliphatic heterocycles. The Labute approximate surface area is 96.3 Å². The number of anilines is 1. The van der Waals surface area contributed by atoms with Crippen LogP contribution in [0.5, 0.6) is 0 Å². The van der Waals surface area contributed by atoms with E-state index in [0.717, 1.165) is 5.69 Å². The van der Waals surface area contributed by atoms with E-state index in [-0.39, 0.29) is 5.91 Å². The van der Waals surface area contributed by atoms with E-state index in [0.29, 0.717) is 17.9 Å². The second-order valence-electron chi connectivity index (χ2n) is 4.21. The first-order chi connectivity index (χ1) is 7.54. The molecule has 0 aromatic heterocycles. The highest BCUT2D eigenvalue weighted by atomic mass is 16.2. The molecular weight excluding hydrogens is 200 g/mol.